The van der Waals surface area contributed by atoms with Crippen LogP contribution < -0.4 is 5.32 Å². The fourth-order valence-electron chi connectivity index (χ4n) is 2.21. The normalized spacial score (nSPS) is 19.9. The second kappa shape index (κ2) is 4.24. The van der Waals surface area contributed by atoms with Crippen molar-refractivity contribution in [1.82, 2.24) is 5.32 Å². The Morgan fingerprint density at radius 1 is 1.53 bits per heavy atom. The van der Waals surface area contributed by atoms with Crippen LogP contribution in [0.5, 0.6) is 0 Å². The van der Waals surface area contributed by atoms with Crippen molar-refractivity contribution < 1.29 is 5.11 Å². The van der Waals surface area contributed by atoms with Gasteiger partial charge in [-0.25, -0.2) is 0 Å². The molecule has 1 unspecified atom stereocenters. The Kier molecular flexibility index (Phi) is 3.14. The van der Waals surface area contributed by atoms with Gasteiger partial charge in [0.1, 0.15) is 0 Å². The lowest BCUT2D eigenvalue weighted by Crippen LogP contribution is -2.29. The third-order valence-corrected chi connectivity index (χ3v) is 3.78. The summed E-state index contributed by atoms with van der Waals surface area (Å²) in [5.41, 5.74) is 1.33. The molecule has 1 aliphatic carbocycles. The summed E-state index contributed by atoms with van der Waals surface area (Å²) >= 11 is 3.48. The lowest BCUT2D eigenvalue weighted by Gasteiger charge is -2.25. The first-order chi connectivity index (χ1) is 7.22. The zero-order chi connectivity index (χ0) is 10.9. The zero-order valence-electron chi connectivity index (χ0n) is 8.83. The van der Waals surface area contributed by atoms with Crippen LogP contribution in [0.25, 0.3) is 0 Å². The number of halogens is 1. The van der Waals surface area contributed by atoms with Gasteiger partial charge in [-0.15, -0.1) is 0 Å². The van der Waals surface area contributed by atoms with Gasteiger partial charge in [0.15, 0.2) is 0 Å². The topological polar surface area (TPSA) is 32.3 Å². The monoisotopic (exact) mass is 269 g/mol. The Balaban J connectivity index is 2.27. The largest absolute Gasteiger partial charge is 0.396 e. The summed E-state index contributed by atoms with van der Waals surface area (Å²) in [7, 11) is 1.96. The Morgan fingerprint density at radius 3 is 2.73 bits per heavy atom. The lowest BCUT2D eigenvalue weighted by atomic mass is 9.91. The van der Waals surface area contributed by atoms with Gasteiger partial charge in [0.05, 0.1) is 6.61 Å². The molecule has 0 heterocycles. The highest BCUT2D eigenvalue weighted by atomic mass is 79.9. The van der Waals surface area contributed by atoms with E-state index in [9.17, 15) is 5.11 Å². The van der Waals surface area contributed by atoms with Gasteiger partial charge in [-0.2, -0.15) is 0 Å². The molecule has 0 aromatic heterocycles. The summed E-state index contributed by atoms with van der Waals surface area (Å²) in [6, 6.07) is 8.56. The van der Waals surface area contributed by atoms with Crippen LogP contribution in [0.1, 0.15) is 24.4 Å². The van der Waals surface area contributed by atoms with Crippen LogP contribution >= 0.6 is 15.9 Å². The molecule has 0 radical (unpaired) electrons. The Labute approximate surface area is 98.8 Å². The first-order valence-electron chi connectivity index (χ1n) is 5.25. The summed E-state index contributed by atoms with van der Waals surface area (Å²) < 4.78 is 1.09. The standard InChI is InChI=1S/C12H16BrNO/c1-14-11(12(8-15)5-6-12)9-3-2-4-10(13)7-9/h2-4,7,11,14-15H,5-6,8H2,1H3. The second-order valence-corrected chi connectivity index (χ2v) is 5.21. The number of hydrogen-bond acceptors (Lipinski definition) is 2. The third kappa shape index (κ3) is 2.10. The molecule has 2 nitrogen and oxygen atoms in total. The highest BCUT2D eigenvalue weighted by Gasteiger charge is 2.48. The molecule has 0 bridgehead atoms. The summed E-state index contributed by atoms with van der Waals surface area (Å²) in [6.07, 6.45) is 2.23. The van der Waals surface area contributed by atoms with Gasteiger partial charge >= 0.3 is 0 Å². The van der Waals surface area contributed by atoms with Crippen LogP contribution in [-0.4, -0.2) is 18.8 Å². The maximum Gasteiger partial charge on any atom is 0.0505 e. The Bertz CT molecular complexity index is 349. The molecular formula is C12H16BrNO. The highest BCUT2D eigenvalue weighted by molar-refractivity contribution is 9.10. The molecule has 1 aromatic rings. The number of aliphatic hydroxyl groups excluding tert-OH is 1. The average molecular weight is 270 g/mol. The van der Waals surface area contributed by atoms with Crippen molar-refractivity contribution in [2.24, 2.45) is 5.41 Å². The van der Waals surface area contributed by atoms with Crippen LogP contribution in [0, 0.1) is 5.41 Å². The van der Waals surface area contributed by atoms with Gasteiger partial charge in [0.2, 0.25) is 0 Å². The van der Waals surface area contributed by atoms with Gasteiger partial charge in [-0.1, -0.05) is 28.1 Å². The number of rotatable bonds is 4. The molecule has 15 heavy (non-hydrogen) atoms. The summed E-state index contributed by atoms with van der Waals surface area (Å²) in [5, 5.41) is 12.8. The molecule has 3 heteroatoms. The van der Waals surface area contributed by atoms with Gasteiger partial charge in [0.25, 0.3) is 0 Å². The molecule has 0 saturated heterocycles. The smallest absolute Gasteiger partial charge is 0.0505 e. The summed E-state index contributed by atoms with van der Waals surface area (Å²) in [6.45, 7) is 0.269. The predicted octanol–water partition coefficient (Wildman–Crippen LogP) is 2.48. The maximum absolute atomic E-state index is 9.44. The van der Waals surface area contributed by atoms with Crippen molar-refractivity contribution in [3.05, 3.63) is 34.3 Å². The zero-order valence-corrected chi connectivity index (χ0v) is 10.4. The van der Waals surface area contributed by atoms with E-state index in [1.165, 1.54) is 5.56 Å². The molecule has 1 aliphatic rings. The van der Waals surface area contributed by atoms with E-state index >= 15 is 0 Å². The first kappa shape index (κ1) is 11.1. The lowest BCUT2D eigenvalue weighted by molar-refractivity contribution is 0.175. The minimum atomic E-state index is 0.0789. The number of benzene rings is 1. The van der Waals surface area contributed by atoms with Crippen molar-refractivity contribution in [2.75, 3.05) is 13.7 Å². The molecule has 2 rings (SSSR count). The van der Waals surface area contributed by atoms with Crippen molar-refractivity contribution in [2.45, 2.75) is 18.9 Å². The van der Waals surface area contributed by atoms with Crippen molar-refractivity contribution in [3.63, 3.8) is 0 Å². The molecule has 0 spiro atoms. The third-order valence-electron chi connectivity index (χ3n) is 3.29. The second-order valence-electron chi connectivity index (χ2n) is 4.30. The van der Waals surface area contributed by atoms with Gasteiger partial charge in [-0.3, -0.25) is 0 Å². The van der Waals surface area contributed by atoms with Crippen molar-refractivity contribution in [3.8, 4) is 0 Å². The molecule has 2 N–H and O–H groups in total. The molecule has 0 aliphatic heterocycles. The van der Waals surface area contributed by atoms with Crippen LogP contribution in [0.15, 0.2) is 28.7 Å². The SMILES string of the molecule is CNC(c1cccc(Br)c1)C1(CO)CC1. The predicted molar refractivity (Wildman–Crippen MR) is 64.7 cm³/mol. The quantitative estimate of drug-likeness (QED) is 0.881. The fraction of sp³-hybridized carbons (Fsp3) is 0.500. The van der Waals surface area contributed by atoms with Crippen molar-refractivity contribution >= 4 is 15.9 Å². The van der Waals surface area contributed by atoms with Crippen molar-refractivity contribution in [1.29, 1.82) is 0 Å². The molecule has 1 fully saturated rings. The van der Waals surface area contributed by atoms with Crippen LogP contribution in [-0.2, 0) is 0 Å². The molecule has 82 valence electrons. The molecule has 1 atom stereocenters. The van der Waals surface area contributed by atoms with Gasteiger partial charge in [0, 0.05) is 15.9 Å². The van der Waals surface area contributed by atoms with E-state index < -0.39 is 0 Å². The first-order valence-corrected chi connectivity index (χ1v) is 6.05. The van der Waals surface area contributed by atoms with Gasteiger partial charge < -0.3 is 10.4 Å². The van der Waals surface area contributed by atoms with E-state index in [1.54, 1.807) is 0 Å². The fourth-order valence-corrected chi connectivity index (χ4v) is 2.63. The van der Waals surface area contributed by atoms with Gasteiger partial charge in [-0.05, 0) is 37.6 Å². The molecule has 1 aromatic carbocycles. The number of nitrogens with one attached hydrogen (secondary N) is 1. The number of aliphatic hydroxyl groups is 1. The maximum atomic E-state index is 9.44. The summed E-state index contributed by atoms with van der Waals surface area (Å²) in [5.74, 6) is 0. The van der Waals surface area contributed by atoms with E-state index in [0.717, 1.165) is 17.3 Å². The van der Waals surface area contributed by atoms with E-state index in [1.807, 2.05) is 19.2 Å². The molecule has 1 saturated carbocycles. The summed E-state index contributed by atoms with van der Waals surface area (Å²) in [4.78, 5) is 0. The van der Waals surface area contributed by atoms with E-state index in [-0.39, 0.29) is 18.1 Å². The van der Waals surface area contributed by atoms with E-state index in [4.69, 9.17) is 0 Å². The van der Waals surface area contributed by atoms with Crippen LogP contribution in [0.3, 0.4) is 0 Å². The average Bonchev–Trinajstić information content (AvgIpc) is 3.00. The Hall–Kier alpha value is -0.380. The van der Waals surface area contributed by atoms with E-state index in [0.29, 0.717) is 0 Å². The molecular weight excluding hydrogens is 254 g/mol. The molecule has 0 amide bonds. The number of hydrogen-bond donors (Lipinski definition) is 2. The van der Waals surface area contributed by atoms with E-state index in [2.05, 4.69) is 33.4 Å². The minimum Gasteiger partial charge on any atom is -0.396 e. The Morgan fingerprint density at radius 2 is 2.27 bits per heavy atom. The van der Waals surface area contributed by atoms with Crippen LogP contribution in [0.2, 0.25) is 0 Å². The van der Waals surface area contributed by atoms with Crippen LogP contribution in [0.4, 0.5) is 0 Å². The highest BCUT2D eigenvalue weighted by Crippen LogP contribution is 2.54. The minimum absolute atomic E-state index is 0.0789.